The third-order valence-corrected chi connectivity index (χ3v) is 9.49. The molecule has 1 aliphatic carbocycles. The average Bonchev–Trinajstić information content (AvgIpc) is 3.48. The molecule has 0 radical (unpaired) electrons. The van der Waals surface area contributed by atoms with Crippen LogP contribution in [0.1, 0.15) is 41.4 Å². The van der Waals surface area contributed by atoms with Gasteiger partial charge in [0.05, 0.1) is 28.5 Å². The van der Waals surface area contributed by atoms with Crippen LogP contribution in [0, 0.1) is 19.3 Å². The van der Waals surface area contributed by atoms with Crippen LogP contribution in [0.25, 0.3) is 22.0 Å². The minimum atomic E-state index is -0.117. The maximum absolute atomic E-state index is 12.4. The van der Waals surface area contributed by atoms with Gasteiger partial charge in [-0.1, -0.05) is 18.2 Å². The number of fused-ring (bicyclic) bond motifs is 2. The molecule has 1 saturated heterocycles. The molecule has 3 aromatic heterocycles. The van der Waals surface area contributed by atoms with Gasteiger partial charge >= 0.3 is 0 Å². The van der Waals surface area contributed by atoms with E-state index in [0.717, 1.165) is 89.3 Å². The number of nitrogens with one attached hydrogen (secondary N) is 1. The monoisotopic (exact) mass is 558 g/mol. The van der Waals surface area contributed by atoms with Gasteiger partial charge in [0.1, 0.15) is 0 Å². The summed E-state index contributed by atoms with van der Waals surface area (Å²) < 4.78 is 3.56. The Morgan fingerprint density at radius 2 is 1.98 bits per heavy atom. The predicted octanol–water partition coefficient (Wildman–Crippen LogP) is 3.70. The first-order valence-corrected chi connectivity index (χ1v) is 14.0. The van der Waals surface area contributed by atoms with E-state index in [9.17, 15) is 9.59 Å². The standard InChI is InChI=1S/C29H31ClN8O2/c1-5-23(39)37-14-29(15-37)10-19(11-29)38-17(3)25(26-20-12-31-32-22(20)8-16(2)27(26)30)28(34-38)36-7-6-21-18(13-36)9-24(40)35(4)33-21/h5,8-9,12,19H,1,6-7,10-11,13-15H2,2-4H3,(H,31,32). The second-order valence-corrected chi connectivity index (χ2v) is 12.0. The molecule has 40 heavy (non-hydrogen) atoms. The molecule has 2 aliphatic heterocycles. The Kier molecular flexibility index (Phi) is 5.51. The fourth-order valence-electron chi connectivity index (χ4n) is 6.91. The number of likely N-dealkylation sites (tertiary alicyclic amines) is 1. The summed E-state index contributed by atoms with van der Waals surface area (Å²) in [4.78, 5) is 28.5. The number of anilines is 1. The Hall–Kier alpha value is -3.92. The van der Waals surface area contributed by atoms with Gasteiger partial charge in [0.2, 0.25) is 5.91 Å². The SMILES string of the molecule is C=CC(=O)N1CC2(CC(n3nc(N4CCc5nn(C)c(=O)cc5C4)c(-c4c(Cl)c(C)cc5[nH]ncc45)c3C)C2)C1. The number of H-pyrrole nitrogens is 1. The molecule has 7 rings (SSSR count). The molecular weight excluding hydrogens is 528 g/mol. The molecule has 206 valence electrons. The summed E-state index contributed by atoms with van der Waals surface area (Å²) in [6, 6.07) is 3.95. The van der Waals surface area contributed by atoms with E-state index in [4.69, 9.17) is 16.7 Å². The van der Waals surface area contributed by atoms with E-state index in [1.54, 1.807) is 13.1 Å². The molecule has 1 saturated carbocycles. The minimum absolute atomic E-state index is 0.00170. The van der Waals surface area contributed by atoms with Crippen LogP contribution >= 0.6 is 11.6 Å². The second-order valence-electron chi connectivity index (χ2n) is 11.7. The fourth-order valence-corrected chi connectivity index (χ4v) is 7.16. The summed E-state index contributed by atoms with van der Waals surface area (Å²) in [5, 5.41) is 18.8. The van der Waals surface area contributed by atoms with Crippen molar-refractivity contribution in [3.63, 3.8) is 0 Å². The molecule has 4 aromatic rings. The molecule has 1 aromatic carbocycles. The van der Waals surface area contributed by atoms with Crippen LogP contribution in [0.5, 0.6) is 0 Å². The first-order valence-electron chi connectivity index (χ1n) is 13.6. The van der Waals surface area contributed by atoms with Gasteiger partial charge < -0.3 is 9.80 Å². The lowest BCUT2D eigenvalue weighted by atomic mass is 9.60. The number of benzene rings is 1. The van der Waals surface area contributed by atoms with E-state index in [2.05, 4.69) is 38.4 Å². The highest BCUT2D eigenvalue weighted by molar-refractivity contribution is 6.36. The minimum Gasteiger partial charge on any atom is -0.350 e. The van der Waals surface area contributed by atoms with E-state index in [0.29, 0.717) is 11.6 Å². The van der Waals surface area contributed by atoms with Crippen molar-refractivity contribution in [2.45, 2.75) is 45.7 Å². The van der Waals surface area contributed by atoms with E-state index in [1.165, 1.54) is 10.8 Å². The number of amides is 1. The summed E-state index contributed by atoms with van der Waals surface area (Å²) in [5.41, 5.74) is 6.80. The van der Waals surface area contributed by atoms with Gasteiger partial charge in [0.15, 0.2) is 5.82 Å². The molecule has 3 aliphatic rings. The lowest BCUT2D eigenvalue weighted by Crippen LogP contribution is -2.63. The smallest absolute Gasteiger partial charge is 0.266 e. The van der Waals surface area contributed by atoms with Crippen LogP contribution in [0.15, 0.2) is 35.8 Å². The molecule has 11 heteroatoms. The van der Waals surface area contributed by atoms with Crippen molar-refractivity contribution in [1.29, 1.82) is 0 Å². The molecule has 2 fully saturated rings. The number of carbonyl (C=O) groups excluding carboxylic acids is 1. The first kappa shape index (κ1) is 25.1. The summed E-state index contributed by atoms with van der Waals surface area (Å²) >= 11 is 7.04. The molecule has 1 N–H and O–H groups in total. The largest absolute Gasteiger partial charge is 0.350 e. The second kappa shape index (κ2) is 8.79. The van der Waals surface area contributed by atoms with Gasteiger partial charge in [-0.25, -0.2) is 4.68 Å². The Bertz CT molecular complexity index is 1770. The molecule has 5 heterocycles. The Morgan fingerprint density at radius 3 is 2.73 bits per heavy atom. The zero-order valence-electron chi connectivity index (χ0n) is 22.9. The average molecular weight is 559 g/mol. The van der Waals surface area contributed by atoms with Crippen molar-refractivity contribution in [3.05, 3.63) is 68.9 Å². The number of hydrogen-bond acceptors (Lipinski definition) is 6. The summed E-state index contributed by atoms with van der Waals surface area (Å²) in [5.74, 6) is 0.860. The fraction of sp³-hybridized carbons (Fsp3) is 0.414. The molecule has 1 amide bonds. The Labute approximate surface area is 236 Å². The number of hydrogen-bond donors (Lipinski definition) is 1. The van der Waals surface area contributed by atoms with Crippen LogP contribution in [-0.4, -0.2) is 60.2 Å². The van der Waals surface area contributed by atoms with Crippen LogP contribution in [0.4, 0.5) is 5.82 Å². The number of halogens is 1. The van der Waals surface area contributed by atoms with Gasteiger partial charge in [-0.15, -0.1) is 0 Å². The quantitative estimate of drug-likeness (QED) is 0.383. The summed E-state index contributed by atoms with van der Waals surface area (Å²) in [6.45, 7) is 10.6. The number of aromatic nitrogens is 6. The summed E-state index contributed by atoms with van der Waals surface area (Å²) in [7, 11) is 1.69. The third-order valence-electron chi connectivity index (χ3n) is 9.01. The van der Waals surface area contributed by atoms with Gasteiger partial charge in [-0.3, -0.25) is 19.4 Å². The Balaban J connectivity index is 1.31. The van der Waals surface area contributed by atoms with E-state index in [1.807, 2.05) is 24.1 Å². The zero-order valence-corrected chi connectivity index (χ0v) is 23.6. The lowest BCUT2D eigenvalue weighted by Gasteiger charge is -2.58. The first-order chi connectivity index (χ1) is 19.2. The Morgan fingerprint density at radius 1 is 1.20 bits per heavy atom. The highest BCUT2D eigenvalue weighted by Crippen LogP contribution is 2.55. The predicted molar refractivity (Wildman–Crippen MR) is 154 cm³/mol. The van der Waals surface area contributed by atoms with Gasteiger partial charge in [-0.2, -0.15) is 15.3 Å². The van der Waals surface area contributed by atoms with Crippen molar-refractivity contribution < 1.29 is 4.79 Å². The number of carbonyl (C=O) groups is 1. The molecule has 10 nitrogen and oxygen atoms in total. The van der Waals surface area contributed by atoms with Crippen molar-refractivity contribution in [2.75, 3.05) is 24.5 Å². The third kappa shape index (κ3) is 3.65. The molecule has 0 bridgehead atoms. The van der Waals surface area contributed by atoms with Crippen molar-refractivity contribution in [1.82, 2.24) is 34.7 Å². The summed E-state index contributed by atoms with van der Waals surface area (Å²) in [6.07, 6.45) is 5.88. The molecule has 1 spiro atoms. The lowest BCUT2D eigenvalue weighted by molar-refractivity contribution is -0.149. The van der Waals surface area contributed by atoms with Crippen LogP contribution in [0.2, 0.25) is 5.02 Å². The molecule has 0 atom stereocenters. The maximum Gasteiger partial charge on any atom is 0.266 e. The van der Waals surface area contributed by atoms with Crippen molar-refractivity contribution >= 4 is 34.2 Å². The number of aromatic amines is 1. The highest BCUT2D eigenvalue weighted by atomic mass is 35.5. The van der Waals surface area contributed by atoms with Gasteiger partial charge in [-0.05, 0) is 44.4 Å². The van der Waals surface area contributed by atoms with E-state index in [-0.39, 0.29) is 22.9 Å². The number of rotatable bonds is 4. The molecule has 0 unspecified atom stereocenters. The zero-order chi connectivity index (χ0) is 27.9. The van der Waals surface area contributed by atoms with Crippen molar-refractivity contribution in [3.8, 4) is 11.1 Å². The topological polar surface area (TPSA) is 105 Å². The van der Waals surface area contributed by atoms with E-state index >= 15 is 0 Å². The van der Waals surface area contributed by atoms with Gasteiger partial charge in [0.25, 0.3) is 5.56 Å². The number of aryl methyl sites for hydroxylation is 2. The van der Waals surface area contributed by atoms with Crippen molar-refractivity contribution in [2.24, 2.45) is 12.5 Å². The van der Waals surface area contributed by atoms with Gasteiger partial charge in [0, 0.05) is 78.9 Å². The maximum atomic E-state index is 12.4. The van der Waals surface area contributed by atoms with E-state index < -0.39 is 0 Å². The normalized spacial score (nSPS) is 18.1. The van der Waals surface area contributed by atoms with Crippen LogP contribution in [-0.2, 0) is 24.8 Å². The van der Waals surface area contributed by atoms with Crippen LogP contribution in [0.3, 0.4) is 0 Å². The number of nitrogens with zero attached hydrogens (tertiary/aromatic N) is 7. The molecular formula is C29H31ClN8O2. The van der Waals surface area contributed by atoms with Crippen LogP contribution < -0.4 is 10.5 Å². The highest BCUT2D eigenvalue weighted by Gasteiger charge is 2.54.